The van der Waals surface area contributed by atoms with E-state index in [1.807, 2.05) is 0 Å². The van der Waals surface area contributed by atoms with Crippen LogP contribution in [0.25, 0.3) is 0 Å². The van der Waals surface area contributed by atoms with Crippen molar-refractivity contribution < 1.29 is 14.7 Å². The Morgan fingerprint density at radius 2 is 1.94 bits per heavy atom. The summed E-state index contributed by atoms with van der Waals surface area (Å²) >= 11 is 0. The second kappa shape index (κ2) is 5.18. The second-order valence-electron chi connectivity index (χ2n) is 4.85. The van der Waals surface area contributed by atoms with Gasteiger partial charge in [0.05, 0.1) is 5.92 Å². The lowest BCUT2D eigenvalue weighted by Crippen LogP contribution is -2.56. The number of aliphatic carboxylic acids is 1. The lowest BCUT2D eigenvalue weighted by Gasteiger charge is -2.36. The highest BCUT2D eigenvalue weighted by molar-refractivity contribution is 5.79. The smallest absolute Gasteiger partial charge is 0.317 e. The van der Waals surface area contributed by atoms with Gasteiger partial charge >= 0.3 is 12.0 Å². The fourth-order valence-corrected chi connectivity index (χ4v) is 1.40. The summed E-state index contributed by atoms with van der Waals surface area (Å²) in [4.78, 5) is 23.6. The highest BCUT2D eigenvalue weighted by atomic mass is 16.4. The van der Waals surface area contributed by atoms with E-state index in [9.17, 15) is 9.59 Å². The van der Waals surface area contributed by atoms with E-state index in [0.717, 1.165) is 0 Å². The summed E-state index contributed by atoms with van der Waals surface area (Å²) in [5.74, 6) is -0.239. The third-order valence-corrected chi connectivity index (χ3v) is 3.23. The molecule has 1 saturated heterocycles. The van der Waals surface area contributed by atoms with Crippen LogP contribution in [0.1, 0.15) is 20.8 Å². The van der Waals surface area contributed by atoms with Crippen LogP contribution in [0.2, 0.25) is 0 Å². The van der Waals surface area contributed by atoms with Crippen LogP contribution in [0.5, 0.6) is 0 Å². The second-order valence-corrected chi connectivity index (χ2v) is 4.85. The first-order valence-electron chi connectivity index (χ1n) is 5.67. The standard InChI is InChI=1S/C11H20N2O3/c1-7(2)8(3)4-12-11(16)13-5-9(6-13)10(14)15/h7-9H,4-6H2,1-3H3,(H,12,16)(H,14,15). The molecule has 0 aromatic heterocycles. The predicted octanol–water partition coefficient (Wildman–Crippen LogP) is 1.00. The fourth-order valence-electron chi connectivity index (χ4n) is 1.40. The van der Waals surface area contributed by atoms with Crippen molar-refractivity contribution in [2.24, 2.45) is 17.8 Å². The highest BCUT2D eigenvalue weighted by Crippen LogP contribution is 2.15. The maximum atomic E-state index is 11.5. The molecule has 16 heavy (non-hydrogen) atoms. The Bertz CT molecular complexity index is 272. The van der Waals surface area contributed by atoms with Crippen LogP contribution >= 0.6 is 0 Å². The molecule has 1 aliphatic rings. The normalized spacial score (nSPS) is 18.1. The van der Waals surface area contributed by atoms with Crippen LogP contribution < -0.4 is 5.32 Å². The Morgan fingerprint density at radius 3 is 2.38 bits per heavy atom. The van der Waals surface area contributed by atoms with E-state index in [-0.39, 0.29) is 11.9 Å². The van der Waals surface area contributed by atoms with Gasteiger partial charge in [0.2, 0.25) is 0 Å². The number of nitrogens with zero attached hydrogens (tertiary/aromatic N) is 1. The van der Waals surface area contributed by atoms with Crippen molar-refractivity contribution in [1.29, 1.82) is 0 Å². The van der Waals surface area contributed by atoms with Gasteiger partial charge in [-0.05, 0) is 11.8 Å². The molecule has 1 unspecified atom stereocenters. The summed E-state index contributed by atoms with van der Waals surface area (Å²) in [5, 5.41) is 11.5. The molecule has 0 aliphatic carbocycles. The first-order chi connectivity index (χ1) is 7.41. The third kappa shape index (κ3) is 3.12. The Morgan fingerprint density at radius 1 is 1.38 bits per heavy atom. The van der Waals surface area contributed by atoms with Gasteiger partial charge in [0.15, 0.2) is 0 Å². The number of likely N-dealkylation sites (tertiary alicyclic amines) is 1. The summed E-state index contributed by atoms with van der Waals surface area (Å²) in [6.07, 6.45) is 0. The van der Waals surface area contributed by atoms with E-state index in [4.69, 9.17) is 5.11 Å². The van der Waals surface area contributed by atoms with Crippen molar-refractivity contribution in [3.63, 3.8) is 0 Å². The summed E-state index contributed by atoms with van der Waals surface area (Å²) in [6.45, 7) is 7.61. The van der Waals surface area contributed by atoms with Crippen LogP contribution in [0.4, 0.5) is 4.79 Å². The number of rotatable bonds is 4. The first kappa shape index (κ1) is 12.8. The van der Waals surface area contributed by atoms with Gasteiger partial charge in [0.1, 0.15) is 0 Å². The average Bonchev–Trinajstić information content (AvgIpc) is 2.10. The van der Waals surface area contributed by atoms with Gasteiger partial charge in [-0.3, -0.25) is 4.79 Å². The molecule has 92 valence electrons. The summed E-state index contributed by atoms with van der Waals surface area (Å²) in [6, 6.07) is -0.148. The number of hydrogen-bond donors (Lipinski definition) is 2. The molecule has 1 fully saturated rings. The van der Waals surface area contributed by atoms with E-state index in [2.05, 4.69) is 26.1 Å². The van der Waals surface area contributed by atoms with Crippen molar-refractivity contribution in [2.75, 3.05) is 19.6 Å². The molecule has 5 heteroatoms. The van der Waals surface area contributed by atoms with Crippen LogP contribution in [-0.4, -0.2) is 41.6 Å². The molecule has 2 amide bonds. The Hall–Kier alpha value is -1.26. The molecule has 0 radical (unpaired) electrons. The van der Waals surface area contributed by atoms with Gasteiger partial charge in [-0.25, -0.2) is 4.79 Å². The number of carboxylic acids is 1. The lowest BCUT2D eigenvalue weighted by atomic mass is 9.98. The Labute approximate surface area is 95.8 Å². The van der Waals surface area contributed by atoms with Gasteiger partial charge in [-0.2, -0.15) is 0 Å². The molecular formula is C11H20N2O3. The zero-order valence-electron chi connectivity index (χ0n) is 10.1. The lowest BCUT2D eigenvalue weighted by molar-refractivity contribution is -0.146. The van der Waals surface area contributed by atoms with Crippen LogP contribution in [0.15, 0.2) is 0 Å². The maximum absolute atomic E-state index is 11.5. The number of carbonyl (C=O) groups excluding carboxylic acids is 1. The average molecular weight is 228 g/mol. The molecule has 5 nitrogen and oxygen atoms in total. The third-order valence-electron chi connectivity index (χ3n) is 3.23. The van der Waals surface area contributed by atoms with E-state index in [0.29, 0.717) is 31.5 Å². The van der Waals surface area contributed by atoms with Crippen LogP contribution in [0.3, 0.4) is 0 Å². The Balaban J connectivity index is 2.21. The van der Waals surface area contributed by atoms with Crippen molar-refractivity contribution in [1.82, 2.24) is 10.2 Å². The maximum Gasteiger partial charge on any atom is 0.317 e. The van der Waals surface area contributed by atoms with Gasteiger partial charge in [-0.15, -0.1) is 0 Å². The molecule has 0 aromatic carbocycles. The zero-order chi connectivity index (χ0) is 12.3. The van der Waals surface area contributed by atoms with Gasteiger partial charge in [0.25, 0.3) is 0 Å². The van der Waals surface area contributed by atoms with Crippen LogP contribution in [-0.2, 0) is 4.79 Å². The predicted molar refractivity (Wildman–Crippen MR) is 60.1 cm³/mol. The molecule has 1 rings (SSSR count). The minimum absolute atomic E-state index is 0.148. The minimum atomic E-state index is -0.820. The Kier molecular flexibility index (Phi) is 4.15. The van der Waals surface area contributed by atoms with Crippen molar-refractivity contribution in [2.45, 2.75) is 20.8 Å². The van der Waals surface area contributed by atoms with E-state index in [1.165, 1.54) is 4.90 Å². The molecule has 0 saturated carbocycles. The zero-order valence-corrected chi connectivity index (χ0v) is 10.1. The summed E-state index contributed by atoms with van der Waals surface area (Å²) in [5.41, 5.74) is 0. The molecular weight excluding hydrogens is 208 g/mol. The van der Waals surface area contributed by atoms with Gasteiger partial charge in [0, 0.05) is 19.6 Å². The number of carboxylic acid groups (broad SMARTS) is 1. The summed E-state index contributed by atoms with van der Waals surface area (Å²) in [7, 11) is 0. The van der Waals surface area contributed by atoms with Crippen molar-refractivity contribution in [3.8, 4) is 0 Å². The molecule has 0 spiro atoms. The SMILES string of the molecule is CC(C)C(C)CNC(=O)N1CC(C(=O)O)C1. The molecule has 1 aliphatic heterocycles. The molecule has 1 atom stereocenters. The molecule has 0 aromatic rings. The quantitative estimate of drug-likeness (QED) is 0.754. The molecule has 0 bridgehead atoms. The first-order valence-corrected chi connectivity index (χ1v) is 5.67. The molecule has 1 heterocycles. The largest absolute Gasteiger partial charge is 0.481 e. The number of carbonyl (C=O) groups is 2. The van der Waals surface area contributed by atoms with Crippen molar-refractivity contribution >= 4 is 12.0 Å². The topological polar surface area (TPSA) is 69.6 Å². The molecule has 2 N–H and O–H groups in total. The number of nitrogens with one attached hydrogen (secondary N) is 1. The monoisotopic (exact) mass is 228 g/mol. The highest BCUT2D eigenvalue weighted by Gasteiger charge is 2.35. The van der Waals surface area contributed by atoms with Gasteiger partial charge in [-0.1, -0.05) is 20.8 Å². The fraction of sp³-hybridized carbons (Fsp3) is 0.818. The number of amides is 2. The number of hydrogen-bond acceptors (Lipinski definition) is 2. The van der Waals surface area contributed by atoms with E-state index >= 15 is 0 Å². The number of urea groups is 1. The van der Waals surface area contributed by atoms with E-state index in [1.54, 1.807) is 0 Å². The summed E-state index contributed by atoms with van der Waals surface area (Å²) < 4.78 is 0. The van der Waals surface area contributed by atoms with Crippen LogP contribution in [0, 0.1) is 17.8 Å². The van der Waals surface area contributed by atoms with E-state index < -0.39 is 5.97 Å². The van der Waals surface area contributed by atoms with Gasteiger partial charge < -0.3 is 15.3 Å². The van der Waals surface area contributed by atoms with Crippen molar-refractivity contribution in [3.05, 3.63) is 0 Å². The minimum Gasteiger partial charge on any atom is -0.481 e.